The van der Waals surface area contributed by atoms with E-state index in [9.17, 15) is 5.11 Å². The molecule has 3 aromatic rings. The first-order valence-corrected chi connectivity index (χ1v) is 10.2. The molecule has 3 heteroatoms. The highest BCUT2D eigenvalue weighted by Crippen LogP contribution is 2.50. The second kappa shape index (κ2) is 7.59. The number of anilines is 3. The molecule has 0 aliphatic carbocycles. The molecule has 4 rings (SSSR count). The Morgan fingerprint density at radius 2 is 1.36 bits per heavy atom. The molecule has 0 fully saturated rings. The molecule has 0 unspecified atom stereocenters. The third-order valence-corrected chi connectivity index (χ3v) is 5.85. The van der Waals surface area contributed by atoms with Crippen molar-refractivity contribution in [1.29, 1.82) is 0 Å². The number of benzene rings is 3. The summed E-state index contributed by atoms with van der Waals surface area (Å²) in [7, 11) is 0. The van der Waals surface area contributed by atoms with Gasteiger partial charge in [-0.1, -0.05) is 42.5 Å². The number of para-hydroxylation sites is 2. The quantitative estimate of drug-likeness (QED) is 0.605. The Bertz CT molecular complexity index is 930. The molecule has 0 saturated heterocycles. The molecule has 0 radical (unpaired) electrons. The molecule has 1 aliphatic heterocycles. The Labute approximate surface area is 167 Å². The van der Waals surface area contributed by atoms with Gasteiger partial charge in [0.2, 0.25) is 0 Å². The molecule has 3 aromatic carbocycles. The summed E-state index contributed by atoms with van der Waals surface area (Å²) in [4.78, 5) is 4.62. The zero-order valence-electron chi connectivity index (χ0n) is 16.9. The van der Waals surface area contributed by atoms with Crippen molar-refractivity contribution in [2.75, 3.05) is 29.4 Å². The van der Waals surface area contributed by atoms with Crippen LogP contribution in [0.1, 0.15) is 43.4 Å². The van der Waals surface area contributed by atoms with Crippen LogP contribution in [0.3, 0.4) is 0 Å². The number of aromatic hydroxyl groups is 1. The van der Waals surface area contributed by atoms with Gasteiger partial charge in [-0.15, -0.1) is 0 Å². The number of fused-ring (bicyclic) bond motifs is 2. The largest absolute Gasteiger partial charge is 0.508 e. The van der Waals surface area contributed by atoms with Gasteiger partial charge in [-0.2, -0.15) is 0 Å². The number of hydrogen-bond donors (Lipinski definition) is 1. The lowest BCUT2D eigenvalue weighted by Gasteiger charge is -2.37. The predicted molar refractivity (Wildman–Crippen MR) is 118 cm³/mol. The SMILES string of the molecule is CCN(CC)c1ccc(C2c3ccccc3N(CC)c3ccccc32)c(O)c1. The van der Waals surface area contributed by atoms with Gasteiger partial charge in [-0.3, -0.25) is 0 Å². The van der Waals surface area contributed by atoms with Gasteiger partial charge < -0.3 is 14.9 Å². The van der Waals surface area contributed by atoms with Crippen LogP contribution in [-0.4, -0.2) is 24.7 Å². The average Bonchev–Trinajstić information content (AvgIpc) is 2.73. The van der Waals surface area contributed by atoms with Crippen LogP contribution in [0.4, 0.5) is 17.1 Å². The fourth-order valence-corrected chi connectivity index (χ4v) is 4.49. The van der Waals surface area contributed by atoms with E-state index >= 15 is 0 Å². The molecule has 1 aliphatic rings. The van der Waals surface area contributed by atoms with Crippen molar-refractivity contribution in [2.45, 2.75) is 26.7 Å². The summed E-state index contributed by atoms with van der Waals surface area (Å²) >= 11 is 0. The van der Waals surface area contributed by atoms with Gasteiger partial charge in [0.15, 0.2) is 0 Å². The Kier molecular flexibility index (Phi) is 4.99. The molecule has 28 heavy (non-hydrogen) atoms. The van der Waals surface area contributed by atoms with Crippen molar-refractivity contribution >= 4 is 17.1 Å². The molecule has 3 nitrogen and oxygen atoms in total. The third-order valence-electron chi connectivity index (χ3n) is 5.85. The lowest BCUT2D eigenvalue weighted by atomic mass is 9.80. The molecule has 0 saturated carbocycles. The van der Waals surface area contributed by atoms with Crippen LogP contribution in [0, 0.1) is 0 Å². The van der Waals surface area contributed by atoms with E-state index in [0.717, 1.165) is 30.9 Å². The number of nitrogens with zero attached hydrogens (tertiary/aromatic N) is 2. The van der Waals surface area contributed by atoms with Crippen molar-refractivity contribution in [3.8, 4) is 5.75 Å². The van der Waals surface area contributed by atoms with E-state index < -0.39 is 0 Å². The minimum absolute atomic E-state index is 0.0287. The van der Waals surface area contributed by atoms with E-state index in [1.807, 2.05) is 6.07 Å². The van der Waals surface area contributed by atoms with Gasteiger partial charge in [0.1, 0.15) is 5.75 Å². The van der Waals surface area contributed by atoms with Gasteiger partial charge in [-0.25, -0.2) is 0 Å². The smallest absolute Gasteiger partial charge is 0.121 e. The molecule has 0 spiro atoms. The van der Waals surface area contributed by atoms with Gasteiger partial charge in [0.05, 0.1) is 0 Å². The van der Waals surface area contributed by atoms with Crippen LogP contribution < -0.4 is 9.80 Å². The van der Waals surface area contributed by atoms with Crippen molar-refractivity contribution in [1.82, 2.24) is 0 Å². The predicted octanol–water partition coefficient (Wildman–Crippen LogP) is 5.89. The summed E-state index contributed by atoms with van der Waals surface area (Å²) in [5.41, 5.74) is 6.97. The van der Waals surface area contributed by atoms with Gasteiger partial charge in [0, 0.05) is 54.2 Å². The first kappa shape index (κ1) is 18.4. The Balaban J connectivity index is 1.89. The van der Waals surface area contributed by atoms with Crippen LogP contribution in [0.5, 0.6) is 5.75 Å². The maximum atomic E-state index is 11.0. The molecule has 1 heterocycles. The Morgan fingerprint density at radius 1 is 0.786 bits per heavy atom. The van der Waals surface area contributed by atoms with Gasteiger partial charge in [0.25, 0.3) is 0 Å². The highest BCUT2D eigenvalue weighted by Gasteiger charge is 2.31. The minimum atomic E-state index is 0.0287. The maximum Gasteiger partial charge on any atom is 0.121 e. The van der Waals surface area contributed by atoms with E-state index in [2.05, 4.69) is 91.2 Å². The molecule has 0 aromatic heterocycles. The first-order valence-electron chi connectivity index (χ1n) is 10.2. The molecule has 0 amide bonds. The van der Waals surface area contributed by atoms with Crippen LogP contribution >= 0.6 is 0 Å². The number of hydrogen-bond acceptors (Lipinski definition) is 3. The standard InChI is InChI=1S/C25H28N2O/c1-4-26(5-2)18-15-16-21(24(28)17-18)25-19-11-7-9-13-22(19)27(6-3)23-14-10-8-12-20(23)25/h7-17,25,28H,4-6H2,1-3H3. The van der Waals surface area contributed by atoms with E-state index in [0.29, 0.717) is 5.75 Å². The van der Waals surface area contributed by atoms with Crippen LogP contribution in [0.2, 0.25) is 0 Å². The highest BCUT2D eigenvalue weighted by atomic mass is 16.3. The van der Waals surface area contributed by atoms with Gasteiger partial charge in [-0.05, 0) is 50.1 Å². The normalized spacial score (nSPS) is 13.2. The van der Waals surface area contributed by atoms with Crippen molar-refractivity contribution in [3.05, 3.63) is 83.4 Å². The van der Waals surface area contributed by atoms with Gasteiger partial charge >= 0.3 is 0 Å². The second-order valence-corrected chi connectivity index (χ2v) is 7.21. The summed E-state index contributed by atoms with van der Waals surface area (Å²) in [6.45, 7) is 9.23. The lowest BCUT2D eigenvalue weighted by Crippen LogP contribution is -2.26. The lowest BCUT2D eigenvalue weighted by molar-refractivity contribution is 0.467. The average molecular weight is 373 g/mol. The topological polar surface area (TPSA) is 26.7 Å². The summed E-state index contributed by atoms with van der Waals surface area (Å²) < 4.78 is 0. The summed E-state index contributed by atoms with van der Waals surface area (Å²) in [6.07, 6.45) is 0. The zero-order valence-corrected chi connectivity index (χ0v) is 16.9. The number of rotatable bonds is 5. The van der Waals surface area contributed by atoms with Crippen molar-refractivity contribution in [3.63, 3.8) is 0 Å². The number of phenols is 1. The van der Waals surface area contributed by atoms with E-state index in [4.69, 9.17) is 0 Å². The second-order valence-electron chi connectivity index (χ2n) is 7.21. The van der Waals surface area contributed by atoms with Crippen LogP contribution in [-0.2, 0) is 0 Å². The molecule has 0 atom stereocenters. The summed E-state index contributed by atoms with van der Waals surface area (Å²) in [6, 6.07) is 23.3. The Morgan fingerprint density at radius 3 is 1.86 bits per heavy atom. The van der Waals surface area contributed by atoms with E-state index in [1.165, 1.54) is 22.5 Å². The summed E-state index contributed by atoms with van der Waals surface area (Å²) in [5.74, 6) is 0.393. The Hall–Kier alpha value is -2.94. The van der Waals surface area contributed by atoms with Crippen LogP contribution in [0.15, 0.2) is 66.7 Å². The monoisotopic (exact) mass is 372 g/mol. The van der Waals surface area contributed by atoms with E-state index in [-0.39, 0.29) is 5.92 Å². The first-order chi connectivity index (χ1) is 13.7. The third kappa shape index (κ3) is 2.91. The molecular formula is C25H28N2O. The molecule has 144 valence electrons. The zero-order chi connectivity index (χ0) is 19.7. The highest BCUT2D eigenvalue weighted by molar-refractivity contribution is 5.78. The van der Waals surface area contributed by atoms with E-state index in [1.54, 1.807) is 0 Å². The molecular weight excluding hydrogens is 344 g/mol. The fraction of sp³-hybridized carbons (Fsp3) is 0.280. The maximum absolute atomic E-state index is 11.0. The summed E-state index contributed by atoms with van der Waals surface area (Å²) in [5, 5.41) is 11.0. The fourth-order valence-electron chi connectivity index (χ4n) is 4.49. The molecule has 0 bridgehead atoms. The van der Waals surface area contributed by atoms with Crippen LogP contribution in [0.25, 0.3) is 0 Å². The minimum Gasteiger partial charge on any atom is -0.508 e. The number of phenolic OH excluding ortho intramolecular Hbond substituents is 1. The van der Waals surface area contributed by atoms with Crippen molar-refractivity contribution < 1.29 is 5.11 Å². The molecule has 1 N–H and O–H groups in total. The van der Waals surface area contributed by atoms with Crippen molar-refractivity contribution in [2.24, 2.45) is 0 Å².